The summed E-state index contributed by atoms with van der Waals surface area (Å²) < 4.78 is 6.73. The number of rotatable bonds is 7. The van der Waals surface area contributed by atoms with Gasteiger partial charge in [0.2, 0.25) is 0 Å². The molecule has 0 aliphatic carbocycles. The minimum atomic E-state index is -0.479. The molecule has 166 valence electrons. The summed E-state index contributed by atoms with van der Waals surface area (Å²) in [7, 11) is 1.57. The lowest BCUT2D eigenvalue weighted by Crippen LogP contribution is -2.28. The van der Waals surface area contributed by atoms with Crippen LogP contribution in [-0.2, 0) is 0 Å². The fraction of sp³-hybridized carbons (Fsp3) is 0.120. The van der Waals surface area contributed by atoms with Crippen molar-refractivity contribution in [2.75, 3.05) is 7.11 Å². The van der Waals surface area contributed by atoms with Gasteiger partial charge >= 0.3 is 0 Å². The van der Waals surface area contributed by atoms with Crippen LogP contribution in [-0.4, -0.2) is 27.7 Å². The third kappa shape index (κ3) is 4.74. The molecule has 1 unspecified atom stereocenters. The number of nitro benzene ring substituents is 1. The highest BCUT2D eigenvalue weighted by Crippen LogP contribution is 2.26. The minimum absolute atomic E-state index is 0.0880. The Hall–Kier alpha value is -4.46. The van der Waals surface area contributed by atoms with Crippen LogP contribution in [0.1, 0.15) is 29.0 Å². The topological polar surface area (TPSA) is 99.3 Å². The number of hydrogen-bond acceptors (Lipinski definition) is 5. The van der Waals surface area contributed by atoms with E-state index < -0.39 is 4.92 Å². The molecule has 0 saturated heterocycles. The highest BCUT2D eigenvalue weighted by molar-refractivity contribution is 5.94. The van der Waals surface area contributed by atoms with Crippen LogP contribution >= 0.6 is 0 Å². The summed E-state index contributed by atoms with van der Waals surface area (Å²) in [4.78, 5) is 24.1. The predicted octanol–water partition coefficient (Wildman–Crippen LogP) is 4.95. The van der Waals surface area contributed by atoms with Crippen LogP contribution in [0.3, 0.4) is 0 Å². The summed E-state index contributed by atoms with van der Waals surface area (Å²) in [6.07, 6.45) is 0. The Labute approximate surface area is 190 Å². The highest BCUT2D eigenvalue weighted by Gasteiger charge is 2.21. The van der Waals surface area contributed by atoms with Gasteiger partial charge in [-0.05, 0) is 36.8 Å². The van der Waals surface area contributed by atoms with Crippen molar-refractivity contribution in [2.45, 2.75) is 13.0 Å². The molecule has 1 aromatic heterocycles. The Kier molecular flexibility index (Phi) is 6.17. The van der Waals surface area contributed by atoms with Crippen LogP contribution in [0, 0.1) is 10.1 Å². The zero-order valence-corrected chi connectivity index (χ0v) is 18.1. The van der Waals surface area contributed by atoms with Crippen molar-refractivity contribution in [2.24, 2.45) is 0 Å². The van der Waals surface area contributed by atoms with Gasteiger partial charge in [-0.2, -0.15) is 5.10 Å². The molecule has 0 saturated carbocycles. The summed E-state index contributed by atoms with van der Waals surface area (Å²) >= 11 is 0. The number of non-ortho nitro benzene ring substituents is 1. The number of carbonyl (C=O) groups is 1. The molecular formula is C25H22N4O4. The zero-order chi connectivity index (χ0) is 23.4. The third-order valence-corrected chi connectivity index (χ3v) is 5.24. The fourth-order valence-electron chi connectivity index (χ4n) is 3.50. The number of nitro groups is 1. The van der Waals surface area contributed by atoms with Crippen molar-refractivity contribution < 1.29 is 14.5 Å². The summed E-state index contributed by atoms with van der Waals surface area (Å²) in [5.74, 6) is 0.306. The van der Waals surface area contributed by atoms with E-state index in [0.29, 0.717) is 17.1 Å². The average Bonchev–Trinajstić information content (AvgIpc) is 3.30. The van der Waals surface area contributed by atoms with Gasteiger partial charge in [0.1, 0.15) is 11.4 Å². The number of benzene rings is 3. The van der Waals surface area contributed by atoms with Crippen molar-refractivity contribution in [3.05, 3.63) is 106 Å². The molecule has 1 amide bonds. The summed E-state index contributed by atoms with van der Waals surface area (Å²) in [5.41, 5.74) is 2.84. The van der Waals surface area contributed by atoms with E-state index >= 15 is 0 Å². The first-order chi connectivity index (χ1) is 16.0. The van der Waals surface area contributed by atoms with Crippen LogP contribution in [0.15, 0.2) is 84.9 Å². The second-order valence-corrected chi connectivity index (χ2v) is 7.44. The second kappa shape index (κ2) is 9.35. The van der Waals surface area contributed by atoms with Crippen molar-refractivity contribution >= 4 is 11.6 Å². The average molecular weight is 442 g/mol. The van der Waals surface area contributed by atoms with E-state index in [1.54, 1.807) is 25.3 Å². The number of amides is 1. The molecule has 1 N–H and O–H groups in total. The van der Waals surface area contributed by atoms with Gasteiger partial charge in [-0.15, -0.1) is 0 Å². The van der Waals surface area contributed by atoms with E-state index in [1.807, 2.05) is 61.5 Å². The van der Waals surface area contributed by atoms with Crippen molar-refractivity contribution in [3.8, 4) is 22.7 Å². The maximum absolute atomic E-state index is 13.3. The van der Waals surface area contributed by atoms with Gasteiger partial charge in [0.15, 0.2) is 0 Å². The Balaban J connectivity index is 1.77. The van der Waals surface area contributed by atoms with Crippen molar-refractivity contribution in [1.82, 2.24) is 15.1 Å². The van der Waals surface area contributed by atoms with E-state index in [0.717, 1.165) is 11.1 Å². The quantitative estimate of drug-likeness (QED) is 0.323. The van der Waals surface area contributed by atoms with Crippen LogP contribution < -0.4 is 10.1 Å². The van der Waals surface area contributed by atoms with E-state index in [1.165, 1.54) is 16.8 Å². The molecule has 4 rings (SSSR count). The van der Waals surface area contributed by atoms with Crippen LogP contribution in [0.5, 0.6) is 5.75 Å². The van der Waals surface area contributed by atoms with E-state index in [9.17, 15) is 14.9 Å². The smallest absolute Gasteiger partial charge is 0.271 e. The molecular weight excluding hydrogens is 420 g/mol. The molecule has 3 aromatic carbocycles. The van der Waals surface area contributed by atoms with Gasteiger partial charge in [-0.1, -0.05) is 48.5 Å². The molecule has 0 radical (unpaired) electrons. The molecule has 8 heteroatoms. The zero-order valence-electron chi connectivity index (χ0n) is 18.1. The first kappa shape index (κ1) is 21.8. The van der Waals surface area contributed by atoms with Gasteiger partial charge < -0.3 is 10.1 Å². The second-order valence-electron chi connectivity index (χ2n) is 7.44. The number of methoxy groups -OCH3 is 1. The van der Waals surface area contributed by atoms with Gasteiger partial charge in [0.25, 0.3) is 11.6 Å². The normalized spacial score (nSPS) is 11.6. The fourth-order valence-corrected chi connectivity index (χ4v) is 3.50. The molecule has 0 aliphatic heterocycles. The number of aromatic nitrogens is 2. The van der Waals surface area contributed by atoms with Gasteiger partial charge in [0.05, 0.1) is 29.5 Å². The van der Waals surface area contributed by atoms with E-state index in [-0.39, 0.29) is 23.3 Å². The van der Waals surface area contributed by atoms with Gasteiger partial charge in [0, 0.05) is 17.7 Å². The first-order valence-corrected chi connectivity index (χ1v) is 10.3. The van der Waals surface area contributed by atoms with E-state index in [2.05, 4.69) is 10.4 Å². The largest absolute Gasteiger partial charge is 0.497 e. The number of carbonyl (C=O) groups excluding carboxylic acids is 1. The number of nitrogens with zero attached hydrogens (tertiary/aromatic N) is 3. The highest BCUT2D eigenvalue weighted by atomic mass is 16.6. The molecule has 0 aliphatic rings. The Bertz CT molecular complexity index is 1300. The molecule has 8 nitrogen and oxygen atoms in total. The minimum Gasteiger partial charge on any atom is -0.497 e. The Morgan fingerprint density at radius 1 is 1.03 bits per heavy atom. The molecule has 4 aromatic rings. The number of nitrogens with one attached hydrogen (secondary N) is 1. The van der Waals surface area contributed by atoms with Crippen LogP contribution in [0.2, 0.25) is 0 Å². The Morgan fingerprint density at radius 3 is 2.52 bits per heavy atom. The lowest BCUT2D eigenvalue weighted by atomic mass is 10.1. The number of ether oxygens (including phenoxy) is 1. The molecule has 33 heavy (non-hydrogen) atoms. The van der Waals surface area contributed by atoms with Gasteiger partial charge in [-0.3, -0.25) is 14.9 Å². The Morgan fingerprint density at radius 2 is 1.79 bits per heavy atom. The lowest BCUT2D eigenvalue weighted by Gasteiger charge is -2.15. The maximum Gasteiger partial charge on any atom is 0.271 e. The standard InChI is InChI=1S/C25H22N4O4/c1-17(18-8-4-3-5-9-18)26-25(30)24-16-23(19-10-6-13-22(14-19)33-2)27-28(24)20-11-7-12-21(15-20)29(31)32/h3-17H,1-2H3,(H,26,30). The SMILES string of the molecule is COc1cccc(-c2cc(C(=O)NC(C)c3ccccc3)n(-c3cccc([N+](=O)[O-])c3)n2)c1. The summed E-state index contributed by atoms with van der Waals surface area (Å²) in [6, 6.07) is 24.4. The summed E-state index contributed by atoms with van der Waals surface area (Å²) in [6.45, 7) is 1.89. The first-order valence-electron chi connectivity index (χ1n) is 10.3. The van der Waals surface area contributed by atoms with Crippen LogP contribution in [0.4, 0.5) is 5.69 Å². The van der Waals surface area contributed by atoms with Gasteiger partial charge in [-0.25, -0.2) is 4.68 Å². The third-order valence-electron chi connectivity index (χ3n) is 5.24. The number of hydrogen-bond donors (Lipinski definition) is 1. The summed E-state index contributed by atoms with van der Waals surface area (Å²) in [5, 5.41) is 18.9. The molecule has 0 bridgehead atoms. The monoisotopic (exact) mass is 442 g/mol. The molecule has 0 spiro atoms. The van der Waals surface area contributed by atoms with Crippen molar-refractivity contribution in [1.29, 1.82) is 0 Å². The molecule has 1 heterocycles. The van der Waals surface area contributed by atoms with Crippen LogP contribution in [0.25, 0.3) is 16.9 Å². The molecule has 0 fully saturated rings. The van der Waals surface area contributed by atoms with Crippen molar-refractivity contribution in [3.63, 3.8) is 0 Å². The molecule has 1 atom stereocenters. The van der Waals surface area contributed by atoms with E-state index in [4.69, 9.17) is 4.74 Å². The lowest BCUT2D eigenvalue weighted by molar-refractivity contribution is -0.384. The maximum atomic E-state index is 13.3. The predicted molar refractivity (Wildman–Crippen MR) is 125 cm³/mol.